The predicted octanol–water partition coefficient (Wildman–Crippen LogP) is 4.36. The number of rotatable bonds is 9. The van der Waals surface area contributed by atoms with Gasteiger partial charge in [0.1, 0.15) is 17.6 Å². The number of ether oxygens (including phenoxy) is 1. The van der Waals surface area contributed by atoms with E-state index in [-0.39, 0.29) is 41.4 Å². The molecular weight excluding hydrogens is 407 g/mol. The Morgan fingerprint density at radius 1 is 1.17 bits per heavy atom. The fraction of sp³-hybridized carbons (Fsp3) is 0.391. The Morgan fingerprint density at radius 2 is 1.83 bits per heavy atom. The largest absolute Gasteiger partial charge is 0.497 e. The maximum Gasteiger partial charge on any atom is 0.243 e. The summed E-state index contributed by atoms with van der Waals surface area (Å²) < 4.78 is 19.4. The van der Waals surface area contributed by atoms with E-state index in [1.165, 1.54) is 17.0 Å². The second kappa shape index (κ2) is 11.0. The highest BCUT2D eigenvalue weighted by Crippen LogP contribution is 2.22. The van der Waals surface area contributed by atoms with Crippen LogP contribution in [0.15, 0.2) is 42.5 Å². The Balaban J connectivity index is 2.34. The van der Waals surface area contributed by atoms with Crippen LogP contribution in [0.25, 0.3) is 0 Å². The topological polar surface area (TPSA) is 58.6 Å². The number of nitrogens with zero attached hydrogens (tertiary/aromatic N) is 1. The molecule has 30 heavy (non-hydrogen) atoms. The van der Waals surface area contributed by atoms with E-state index in [4.69, 9.17) is 16.3 Å². The van der Waals surface area contributed by atoms with E-state index in [9.17, 15) is 14.0 Å². The van der Waals surface area contributed by atoms with Gasteiger partial charge in [0.2, 0.25) is 11.8 Å². The van der Waals surface area contributed by atoms with Crippen LogP contribution in [0.3, 0.4) is 0 Å². The van der Waals surface area contributed by atoms with Crippen molar-refractivity contribution in [2.45, 2.75) is 52.2 Å². The lowest BCUT2D eigenvalue weighted by Gasteiger charge is -2.31. The molecule has 2 rings (SSSR count). The van der Waals surface area contributed by atoms with E-state index in [1.807, 2.05) is 32.9 Å². The predicted molar refractivity (Wildman–Crippen MR) is 116 cm³/mol. The molecule has 7 heteroatoms. The zero-order valence-corrected chi connectivity index (χ0v) is 18.5. The first kappa shape index (κ1) is 23.7. The molecule has 0 radical (unpaired) electrons. The van der Waals surface area contributed by atoms with Crippen molar-refractivity contribution in [1.82, 2.24) is 10.2 Å². The van der Waals surface area contributed by atoms with E-state index in [1.54, 1.807) is 25.3 Å². The maximum atomic E-state index is 14.2. The third-order valence-electron chi connectivity index (χ3n) is 4.72. The van der Waals surface area contributed by atoms with Crippen molar-refractivity contribution in [2.75, 3.05) is 7.11 Å². The van der Waals surface area contributed by atoms with Crippen molar-refractivity contribution in [3.63, 3.8) is 0 Å². The summed E-state index contributed by atoms with van der Waals surface area (Å²) >= 11 is 6.11. The molecule has 2 aromatic rings. The van der Waals surface area contributed by atoms with Gasteiger partial charge >= 0.3 is 0 Å². The first-order valence-corrected chi connectivity index (χ1v) is 10.3. The van der Waals surface area contributed by atoms with Gasteiger partial charge < -0.3 is 15.0 Å². The number of hydrogen-bond acceptors (Lipinski definition) is 3. The van der Waals surface area contributed by atoms with Gasteiger partial charge in [0.05, 0.1) is 13.5 Å². The van der Waals surface area contributed by atoms with Crippen LogP contribution in [0, 0.1) is 5.82 Å². The second-order valence-corrected chi connectivity index (χ2v) is 7.74. The van der Waals surface area contributed by atoms with Crippen LogP contribution < -0.4 is 10.1 Å². The summed E-state index contributed by atoms with van der Waals surface area (Å²) in [5, 5.41) is 3.05. The lowest BCUT2D eigenvalue weighted by Crippen LogP contribution is -2.50. The van der Waals surface area contributed by atoms with Crippen molar-refractivity contribution >= 4 is 23.4 Å². The minimum Gasteiger partial charge on any atom is -0.497 e. The minimum atomic E-state index is -0.687. The quantitative estimate of drug-likeness (QED) is 0.637. The van der Waals surface area contributed by atoms with Gasteiger partial charge in [-0.1, -0.05) is 36.7 Å². The molecule has 162 valence electrons. The monoisotopic (exact) mass is 434 g/mol. The Bertz CT molecular complexity index is 851. The van der Waals surface area contributed by atoms with Crippen molar-refractivity contribution in [3.05, 3.63) is 64.4 Å². The molecule has 0 aromatic heterocycles. The summed E-state index contributed by atoms with van der Waals surface area (Å²) in [4.78, 5) is 27.5. The molecule has 0 aliphatic heterocycles. The number of hydrogen-bond donors (Lipinski definition) is 1. The molecule has 1 atom stereocenters. The summed E-state index contributed by atoms with van der Waals surface area (Å²) in [5.41, 5.74) is 0.961. The van der Waals surface area contributed by atoms with Gasteiger partial charge in [0, 0.05) is 23.2 Å². The van der Waals surface area contributed by atoms with E-state index >= 15 is 0 Å². The van der Waals surface area contributed by atoms with E-state index in [0.29, 0.717) is 12.2 Å². The van der Waals surface area contributed by atoms with Crippen LogP contribution >= 0.6 is 11.6 Å². The van der Waals surface area contributed by atoms with E-state index in [0.717, 1.165) is 5.56 Å². The average molecular weight is 435 g/mol. The Labute approximate surface area is 182 Å². The fourth-order valence-electron chi connectivity index (χ4n) is 3.18. The highest BCUT2D eigenvalue weighted by atomic mass is 35.5. The molecule has 2 aromatic carbocycles. The Hall–Kier alpha value is -2.60. The molecule has 0 heterocycles. The number of methoxy groups -OCH3 is 1. The first-order chi connectivity index (χ1) is 14.3. The van der Waals surface area contributed by atoms with Crippen LogP contribution in [0.4, 0.5) is 4.39 Å². The van der Waals surface area contributed by atoms with Crippen LogP contribution in [0.5, 0.6) is 5.75 Å². The molecule has 1 unspecified atom stereocenters. The summed E-state index contributed by atoms with van der Waals surface area (Å²) in [6, 6.07) is 10.8. The highest BCUT2D eigenvalue weighted by Gasteiger charge is 2.29. The molecule has 5 nitrogen and oxygen atoms in total. The fourth-order valence-corrected chi connectivity index (χ4v) is 3.41. The molecule has 0 saturated heterocycles. The number of carbonyl (C=O) groups is 2. The number of halogens is 2. The van der Waals surface area contributed by atoms with E-state index in [2.05, 4.69) is 5.32 Å². The lowest BCUT2D eigenvalue weighted by molar-refractivity contribution is -0.141. The minimum absolute atomic E-state index is 0.0644. The number of carbonyl (C=O) groups excluding carboxylic acids is 2. The molecule has 0 spiro atoms. The van der Waals surface area contributed by atoms with Crippen molar-refractivity contribution in [3.8, 4) is 5.75 Å². The average Bonchev–Trinajstić information content (AvgIpc) is 2.70. The number of benzene rings is 2. The number of amides is 2. The van der Waals surface area contributed by atoms with Gasteiger partial charge in [-0.25, -0.2) is 4.39 Å². The van der Waals surface area contributed by atoms with Gasteiger partial charge in [-0.2, -0.15) is 0 Å². The SMILES string of the molecule is CCC(C(=O)NC(C)C)N(Cc1ccc(OC)cc1)C(=O)Cc1c(F)cccc1Cl. The molecule has 2 amide bonds. The highest BCUT2D eigenvalue weighted by molar-refractivity contribution is 6.31. The van der Waals surface area contributed by atoms with Crippen LogP contribution in [0.2, 0.25) is 5.02 Å². The number of nitrogens with one attached hydrogen (secondary N) is 1. The first-order valence-electron chi connectivity index (χ1n) is 9.92. The lowest BCUT2D eigenvalue weighted by atomic mass is 10.1. The van der Waals surface area contributed by atoms with Crippen LogP contribution in [-0.4, -0.2) is 35.9 Å². The Morgan fingerprint density at radius 3 is 2.37 bits per heavy atom. The summed E-state index contributed by atoms with van der Waals surface area (Å²) in [5.74, 6) is -0.461. The van der Waals surface area contributed by atoms with Crippen molar-refractivity contribution < 1.29 is 18.7 Å². The zero-order valence-electron chi connectivity index (χ0n) is 17.7. The molecule has 0 aliphatic carbocycles. The summed E-state index contributed by atoms with van der Waals surface area (Å²) in [6.45, 7) is 5.77. The van der Waals surface area contributed by atoms with Crippen molar-refractivity contribution in [2.24, 2.45) is 0 Å². The van der Waals surface area contributed by atoms with Crippen LogP contribution in [0.1, 0.15) is 38.3 Å². The van der Waals surface area contributed by atoms with Gasteiger partial charge in [-0.05, 0) is 50.1 Å². The molecule has 0 fully saturated rings. The molecular formula is C23H28ClFN2O3. The zero-order chi connectivity index (χ0) is 22.3. The third-order valence-corrected chi connectivity index (χ3v) is 5.07. The van der Waals surface area contributed by atoms with Gasteiger partial charge in [0.25, 0.3) is 0 Å². The van der Waals surface area contributed by atoms with Gasteiger partial charge in [0.15, 0.2) is 0 Å². The smallest absolute Gasteiger partial charge is 0.243 e. The summed E-state index contributed by atoms with van der Waals surface area (Å²) in [6.07, 6.45) is 0.193. The second-order valence-electron chi connectivity index (χ2n) is 7.33. The van der Waals surface area contributed by atoms with Gasteiger partial charge in [-0.3, -0.25) is 9.59 Å². The summed E-state index contributed by atoms with van der Waals surface area (Å²) in [7, 11) is 1.58. The molecule has 0 saturated carbocycles. The Kier molecular flexibility index (Phi) is 8.66. The standard InChI is InChI=1S/C23H28ClFN2O3/c1-5-21(23(29)26-15(2)3)27(14-16-9-11-17(30-4)12-10-16)22(28)13-18-19(24)7-6-8-20(18)25/h6-12,15,21H,5,13-14H2,1-4H3,(H,26,29). The van der Waals surface area contributed by atoms with Crippen molar-refractivity contribution in [1.29, 1.82) is 0 Å². The molecule has 1 N–H and O–H groups in total. The van der Waals surface area contributed by atoms with Gasteiger partial charge in [-0.15, -0.1) is 0 Å². The maximum absolute atomic E-state index is 14.2. The molecule has 0 bridgehead atoms. The third kappa shape index (κ3) is 6.20. The van der Waals surface area contributed by atoms with E-state index < -0.39 is 11.9 Å². The normalized spacial score (nSPS) is 11.8. The molecule has 0 aliphatic rings. The van der Waals surface area contributed by atoms with Crippen LogP contribution in [-0.2, 0) is 22.6 Å².